The van der Waals surface area contributed by atoms with E-state index < -0.39 is 59.6 Å². The van der Waals surface area contributed by atoms with Crippen molar-refractivity contribution in [1.82, 2.24) is 15.5 Å². The fourth-order valence-electron chi connectivity index (χ4n) is 7.20. The molecular weight excluding hydrogens is 518 g/mol. The third-order valence-corrected chi connectivity index (χ3v) is 9.16. The van der Waals surface area contributed by atoms with Crippen LogP contribution >= 0.6 is 0 Å². The number of halogens is 2. The van der Waals surface area contributed by atoms with Gasteiger partial charge in [0.1, 0.15) is 12.1 Å². The monoisotopic (exact) mass is 548 g/mol. The van der Waals surface area contributed by atoms with Crippen LogP contribution in [0.3, 0.4) is 0 Å². The van der Waals surface area contributed by atoms with Crippen LogP contribution in [0.5, 0.6) is 0 Å². The number of aliphatic hydroxyl groups is 1. The van der Waals surface area contributed by atoms with Gasteiger partial charge in [-0.2, -0.15) is 5.26 Å². The van der Waals surface area contributed by atoms with Crippen LogP contribution in [0.1, 0.15) is 43.2 Å². The molecule has 40 heavy (non-hydrogen) atoms. The van der Waals surface area contributed by atoms with E-state index in [4.69, 9.17) is 0 Å². The van der Waals surface area contributed by atoms with Crippen molar-refractivity contribution >= 4 is 17.7 Å². The highest BCUT2D eigenvalue weighted by Gasteiger charge is 2.63. The molecule has 2 aromatic rings. The Labute approximate surface area is 230 Å². The number of benzene rings is 2. The number of carbonyl (C=O) groups is 3. The Bertz CT molecular complexity index is 1380. The summed E-state index contributed by atoms with van der Waals surface area (Å²) in [7, 11) is 0. The maximum Gasteiger partial charge on any atom is 0.264 e. The molecule has 10 heteroatoms. The van der Waals surface area contributed by atoms with Gasteiger partial charge >= 0.3 is 0 Å². The minimum atomic E-state index is -3.07. The molecule has 4 aliphatic rings. The summed E-state index contributed by atoms with van der Waals surface area (Å²) >= 11 is 0. The number of likely N-dealkylation sites (tertiary alicyclic amines) is 1. The zero-order valence-corrected chi connectivity index (χ0v) is 21.8. The second kappa shape index (κ2) is 9.66. The SMILES string of the molecule is N#C[C@H](C[C@@H]1CCCNC1=O)NC(=O)C1C2CCC(F)(F)C2CN1C(=O)C1(O)c2ccccc2-c2ccccc21. The molecule has 5 atom stereocenters. The smallest absolute Gasteiger partial charge is 0.264 e. The molecule has 0 spiro atoms. The van der Waals surface area contributed by atoms with Crippen LogP contribution in [0.4, 0.5) is 8.78 Å². The van der Waals surface area contributed by atoms with Crippen molar-refractivity contribution in [1.29, 1.82) is 5.26 Å². The average molecular weight is 549 g/mol. The van der Waals surface area contributed by atoms with Crippen molar-refractivity contribution < 1.29 is 28.3 Å². The highest BCUT2D eigenvalue weighted by Crippen LogP contribution is 2.54. The summed E-state index contributed by atoms with van der Waals surface area (Å²) in [6, 6.07) is 13.5. The normalized spacial score (nSPS) is 28.1. The Morgan fingerprint density at radius 3 is 2.40 bits per heavy atom. The molecule has 0 aromatic heterocycles. The van der Waals surface area contributed by atoms with Gasteiger partial charge in [-0.15, -0.1) is 0 Å². The second-order valence-corrected chi connectivity index (χ2v) is 11.3. The van der Waals surface area contributed by atoms with Gasteiger partial charge in [-0.3, -0.25) is 14.4 Å². The molecule has 2 aliphatic carbocycles. The maximum absolute atomic E-state index is 15.0. The van der Waals surface area contributed by atoms with Crippen molar-refractivity contribution in [3.05, 3.63) is 59.7 Å². The van der Waals surface area contributed by atoms with E-state index in [2.05, 4.69) is 10.6 Å². The number of nitrogens with zero attached hydrogens (tertiary/aromatic N) is 2. The summed E-state index contributed by atoms with van der Waals surface area (Å²) < 4.78 is 30.0. The van der Waals surface area contributed by atoms with Gasteiger partial charge in [0, 0.05) is 42.5 Å². The van der Waals surface area contributed by atoms with Gasteiger partial charge in [0.15, 0.2) is 5.60 Å². The van der Waals surface area contributed by atoms with Gasteiger partial charge in [0.25, 0.3) is 11.8 Å². The first-order valence-electron chi connectivity index (χ1n) is 13.7. The lowest BCUT2D eigenvalue weighted by Crippen LogP contribution is -2.56. The lowest BCUT2D eigenvalue weighted by molar-refractivity contribution is -0.153. The summed E-state index contributed by atoms with van der Waals surface area (Å²) in [6.45, 7) is 0.175. The van der Waals surface area contributed by atoms with Crippen LogP contribution in [0.15, 0.2) is 48.5 Å². The predicted molar refractivity (Wildman–Crippen MR) is 139 cm³/mol. The van der Waals surface area contributed by atoms with Gasteiger partial charge in [0.05, 0.1) is 6.07 Å². The van der Waals surface area contributed by atoms with Crippen LogP contribution in [0, 0.1) is 29.1 Å². The molecule has 3 unspecified atom stereocenters. The minimum Gasteiger partial charge on any atom is -0.372 e. The first kappa shape index (κ1) is 26.4. The highest BCUT2D eigenvalue weighted by molar-refractivity contribution is 6.01. The molecule has 2 saturated heterocycles. The fraction of sp³-hybridized carbons (Fsp3) is 0.467. The predicted octanol–water partition coefficient (Wildman–Crippen LogP) is 2.70. The summed E-state index contributed by atoms with van der Waals surface area (Å²) in [5.74, 6) is -7.33. The number of alkyl halides is 2. The molecule has 2 aromatic carbocycles. The third kappa shape index (κ3) is 3.98. The van der Waals surface area contributed by atoms with E-state index in [9.17, 15) is 33.5 Å². The van der Waals surface area contributed by atoms with E-state index in [0.717, 1.165) is 11.3 Å². The van der Waals surface area contributed by atoms with Crippen LogP contribution in [0.25, 0.3) is 11.1 Å². The second-order valence-electron chi connectivity index (χ2n) is 11.3. The summed E-state index contributed by atoms with van der Waals surface area (Å²) in [6.07, 6.45) is 1.07. The number of piperidine rings is 1. The van der Waals surface area contributed by atoms with Crippen LogP contribution in [-0.2, 0) is 20.0 Å². The van der Waals surface area contributed by atoms with E-state index in [1.165, 1.54) is 0 Å². The van der Waals surface area contributed by atoms with E-state index in [1.807, 2.05) is 6.07 Å². The zero-order chi connectivity index (χ0) is 28.2. The zero-order valence-electron chi connectivity index (χ0n) is 21.8. The lowest BCUT2D eigenvalue weighted by atomic mass is 9.88. The van der Waals surface area contributed by atoms with Crippen molar-refractivity contribution in [3.63, 3.8) is 0 Å². The number of nitrogens with one attached hydrogen (secondary N) is 2. The Balaban J connectivity index is 1.33. The number of fused-ring (bicyclic) bond motifs is 4. The lowest BCUT2D eigenvalue weighted by Gasteiger charge is -2.34. The molecule has 2 aliphatic heterocycles. The third-order valence-electron chi connectivity index (χ3n) is 9.16. The van der Waals surface area contributed by atoms with Crippen LogP contribution in [0.2, 0.25) is 0 Å². The molecular formula is C30H30F2N4O4. The van der Waals surface area contributed by atoms with Gasteiger partial charge in [-0.05, 0) is 42.7 Å². The first-order valence-corrected chi connectivity index (χ1v) is 13.7. The Hall–Kier alpha value is -3.84. The molecule has 0 radical (unpaired) electrons. The molecule has 3 fully saturated rings. The van der Waals surface area contributed by atoms with Crippen LogP contribution in [-0.4, -0.2) is 58.8 Å². The van der Waals surface area contributed by atoms with Crippen molar-refractivity contribution in [2.75, 3.05) is 13.1 Å². The van der Waals surface area contributed by atoms with E-state index in [0.29, 0.717) is 35.2 Å². The first-order chi connectivity index (χ1) is 19.2. The van der Waals surface area contributed by atoms with E-state index in [1.54, 1.807) is 48.5 Å². The van der Waals surface area contributed by atoms with Gasteiger partial charge in [-0.25, -0.2) is 8.78 Å². The summed E-state index contributed by atoms with van der Waals surface area (Å²) in [5.41, 5.74) is -0.163. The Morgan fingerprint density at radius 2 is 1.77 bits per heavy atom. The van der Waals surface area contributed by atoms with Gasteiger partial charge in [0.2, 0.25) is 11.8 Å². The van der Waals surface area contributed by atoms with Crippen LogP contribution < -0.4 is 10.6 Å². The molecule has 6 rings (SSSR count). The molecule has 208 valence electrons. The maximum atomic E-state index is 15.0. The highest BCUT2D eigenvalue weighted by atomic mass is 19.3. The largest absolute Gasteiger partial charge is 0.372 e. The topological polar surface area (TPSA) is 123 Å². The summed E-state index contributed by atoms with van der Waals surface area (Å²) in [4.78, 5) is 41.4. The Morgan fingerprint density at radius 1 is 1.12 bits per heavy atom. The average Bonchev–Trinajstić information content (AvgIpc) is 3.58. The number of nitriles is 1. The number of hydrogen-bond donors (Lipinski definition) is 3. The molecule has 3 amide bonds. The number of carbonyl (C=O) groups excluding carboxylic acids is 3. The van der Waals surface area contributed by atoms with Crippen molar-refractivity contribution in [2.45, 2.75) is 55.7 Å². The molecule has 8 nitrogen and oxygen atoms in total. The van der Waals surface area contributed by atoms with Gasteiger partial charge < -0.3 is 20.6 Å². The molecule has 0 bridgehead atoms. The Kier molecular flexibility index (Phi) is 6.37. The number of hydrogen-bond acceptors (Lipinski definition) is 5. The molecule has 1 saturated carbocycles. The van der Waals surface area contributed by atoms with E-state index >= 15 is 0 Å². The van der Waals surface area contributed by atoms with Gasteiger partial charge in [-0.1, -0.05) is 48.5 Å². The number of amides is 3. The fourth-order valence-corrected chi connectivity index (χ4v) is 7.20. The van der Waals surface area contributed by atoms with E-state index in [-0.39, 0.29) is 25.3 Å². The standard InChI is InChI=1S/C30H30F2N4O4/c31-29(32)12-11-21-24(29)16-36(25(21)27(38)35-18(15-33)14-17-6-5-13-34-26(17)37)28(39)30(40)22-9-3-1-7-19(22)20-8-2-4-10-23(20)30/h1-4,7-10,17-18,21,24-25,40H,5-6,11-14,16H2,(H,34,37)(H,35,38)/t17-,18-,21?,24?,25?/m0/s1. The molecule has 3 N–H and O–H groups in total. The summed E-state index contributed by atoms with van der Waals surface area (Å²) in [5, 5.41) is 27.3. The number of rotatable bonds is 5. The minimum absolute atomic E-state index is 0.0351. The quantitative estimate of drug-likeness (QED) is 0.531. The van der Waals surface area contributed by atoms with Crippen molar-refractivity contribution in [2.24, 2.45) is 17.8 Å². The van der Waals surface area contributed by atoms with Crippen molar-refractivity contribution in [3.8, 4) is 17.2 Å². The molecule has 2 heterocycles.